The molecular weight excluding hydrogens is 360 g/mol. The second kappa shape index (κ2) is 8.69. The van der Waals surface area contributed by atoms with Gasteiger partial charge in [-0.15, -0.1) is 0 Å². The van der Waals surface area contributed by atoms with Gasteiger partial charge in [0.05, 0.1) is 6.42 Å². The second-order valence-corrected chi connectivity index (χ2v) is 6.44. The smallest absolute Gasteiger partial charge is 0.310 e. The van der Waals surface area contributed by atoms with Crippen molar-refractivity contribution in [2.24, 2.45) is 0 Å². The van der Waals surface area contributed by atoms with Crippen molar-refractivity contribution in [1.29, 1.82) is 0 Å². The van der Waals surface area contributed by atoms with E-state index in [1.807, 2.05) is 6.07 Å². The van der Waals surface area contributed by atoms with E-state index in [0.29, 0.717) is 41.0 Å². The average molecular weight is 382 g/mol. The number of ether oxygens (including phenoxy) is 3. The normalized spacial score (nSPS) is 13.1. The van der Waals surface area contributed by atoms with E-state index in [-0.39, 0.29) is 24.8 Å². The highest BCUT2D eigenvalue weighted by molar-refractivity contribution is 6.10. The van der Waals surface area contributed by atoms with Crippen LogP contribution in [0.5, 0.6) is 11.5 Å². The zero-order valence-electron chi connectivity index (χ0n) is 15.9. The van der Waals surface area contributed by atoms with Crippen molar-refractivity contribution < 1.29 is 28.6 Å². The monoisotopic (exact) mass is 382 g/mol. The maximum atomic E-state index is 13.0. The minimum absolute atomic E-state index is 0.0606. The quantitative estimate of drug-likeness (QED) is 0.514. The summed E-state index contributed by atoms with van der Waals surface area (Å²) < 4.78 is 16.1. The lowest BCUT2D eigenvalue weighted by Gasteiger charge is -2.15. The van der Waals surface area contributed by atoms with Gasteiger partial charge in [0.1, 0.15) is 0 Å². The van der Waals surface area contributed by atoms with Gasteiger partial charge in [0, 0.05) is 17.5 Å². The van der Waals surface area contributed by atoms with E-state index in [1.54, 1.807) is 50.2 Å². The minimum Gasteiger partial charge on any atom is -0.454 e. The van der Waals surface area contributed by atoms with Crippen molar-refractivity contribution in [3.05, 3.63) is 59.2 Å². The third-order valence-corrected chi connectivity index (χ3v) is 4.57. The second-order valence-electron chi connectivity index (χ2n) is 6.44. The number of esters is 1. The van der Waals surface area contributed by atoms with Gasteiger partial charge in [0.2, 0.25) is 6.79 Å². The first-order valence-electron chi connectivity index (χ1n) is 9.27. The molecule has 2 aromatic carbocycles. The molecule has 0 aliphatic carbocycles. The molecule has 1 aliphatic rings. The molecule has 1 atom stereocenters. The Morgan fingerprint density at radius 1 is 1.04 bits per heavy atom. The molecule has 28 heavy (non-hydrogen) atoms. The maximum absolute atomic E-state index is 13.0. The van der Waals surface area contributed by atoms with Crippen LogP contribution in [0.15, 0.2) is 42.5 Å². The molecular formula is C22H22O6. The summed E-state index contributed by atoms with van der Waals surface area (Å²) in [6.07, 6.45) is -0.194. The molecule has 1 aliphatic heterocycles. The maximum Gasteiger partial charge on any atom is 0.310 e. The minimum atomic E-state index is -0.764. The van der Waals surface area contributed by atoms with E-state index in [9.17, 15) is 14.4 Å². The molecule has 6 nitrogen and oxygen atoms in total. The van der Waals surface area contributed by atoms with Crippen LogP contribution in [-0.2, 0) is 20.7 Å². The van der Waals surface area contributed by atoms with Gasteiger partial charge in [-0.05, 0) is 24.1 Å². The number of fused-ring (bicyclic) bond motifs is 1. The standard InChI is InChI=1S/C22H22O6/c1-3-17(23)18(4-2)28-21(24)11-15-10-19-20(27-13-26-19)12-16(15)22(25)14-8-6-5-7-9-14/h5-10,12,18H,3-4,11,13H2,1-2H3. The van der Waals surface area contributed by atoms with Crippen LogP contribution in [0.4, 0.5) is 0 Å². The first kappa shape index (κ1) is 19.6. The molecule has 0 saturated heterocycles. The third kappa shape index (κ3) is 4.22. The Labute approximate surface area is 163 Å². The van der Waals surface area contributed by atoms with Crippen LogP contribution in [0.1, 0.15) is 48.2 Å². The fraction of sp³-hybridized carbons (Fsp3) is 0.318. The molecule has 0 N–H and O–H groups in total. The molecule has 0 radical (unpaired) electrons. The molecule has 146 valence electrons. The van der Waals surface area contributed by atoms with Crippen LogP contribution in [0.25, 0.3) is 0 Å². The number of carbonyl (C=O) groups excluding carboxylic acids is 3. The number of benzene rings is 2. The predicted molar refractivity (Wildman–Crippen MR) is 102 cm³/mol. The van der Waals surface area contributed by atoms with E-state index in [4.69, 9.17) is 14.2 Å². The topological polar surface area (TPSA) is 78.9 Å². The number of ketones is 2. The Morgan fingerprint density at radius 3 is 2.36 bits per heavy atom. The van der Waals surface area contributed by atoms with Crippen molar-refractivity contribution >= 4 is 17.5 Å². The molecule has 3 rings (SSSR count). The van der Waals surface area contributed by atoms with E-state index < -0.39 is 12.1 Å². The van der Waals surface area contributed by atoms with Crippen LogP contribution < -0.4 is 9.47 Å². The summed E-state index contributed by atoms with van der Waals surface area (Å²) in [6.45, 7) is 3.58. The Balaban J connectivity index is 1.88. The molecule has 2 aromatic rings. The number of Topliss-reactive ketones (excluding diaryl/α,β-unsaturated/α-hetero) is 1. The Kier molecular flexibility index (Phi) is 6.09. The molecule has 0 saturated carbocycles. The summed E-state index contributed by atoms with van der Waals surface area (Å²) in [6, 6.07) is 12.0. The first-order chi connectivity index (χ1) is 13.5. The van der Waals surface area contributed by atoms with Gasteiger partial charge in [0.25, 0.3) is 0 Å². The van der Waals surface area contributed by atoms with Crippen LogP contribution in [0, 0.1) is 0 Å². The first-order valence-corrected chi connectivity index (χ1v) is 9.27. The number of hydrogen-bond donors (Lipinski definition) is 0. The van der Waals surface area contributed by atoms with Gasteiger partial charge >= 0.3 is 5.97 Å². The largest absolute Gasteiger partial charge is 0.454 e. The van der Waals surface area contributed by atoms with E-state index in [0.717, 1.165) is 0 Å². The van der Waals surface area contributed by atoms with Crippen LogP contribution in [0.3, 0.4) is 0 Å². The van der Waals surface area contributed by atoms with E-state index in [2.05, 4.69) is 0 Å². The predicted octanol–water partition coefficient (Wildman–Crippen LogP) is 3.49. The molecule has 0 amide bonds. The lowest BCUT2D eigenvalue weighted by atomic mass is 9.96. The Hall–Kier alpha value is -3.15. The number of carbonyl (C=O) groups is 3. The molecule has 0 aromatic heterocycles. The Bertz CT molecular complexity index is 887. The van der Waals surface area contributed by atoms with Crippen molar-refractivity contribution in [1.82, 2.24) is 0 Å². The fourth-order valence-corrected chi connectivity index (χ4v) is 3.05. The summed E-state index contributed by atoms with van der Waals surface area (Å²) in [7, 11) is 0. The lowest BCUT2D eigenvalue weighted by Crippen LogP contribution is -2.27. The average Bonchev–Trinajstić information content (AvgIpc) is 3.18. The molecule has 0 bridgehead atoms. The van der Waals surface area contributed by atoms with Gasteiger partial charge in [-0.1, -0.05) is 44.2 Å². The molecule has 0 fully saturated rings. The van der Waals surface area contributed by atoms with Crippen LogP contribution >= 0.6 is 0 Å². The highest BCUT2D eigenvalue weighted by Gasteiger charge is 2.25. The van der Waals surface area contributed by atoms with Crippen molar-refractivity contribution in [2.45, 2.75) is 39.2 Å². The van der Waals surface area contributed by atoms with Gasteiger partial charge in [-0.2, -0.15) is 0 Å². The molecule has 6 heteroatoms. The van der Waals surface area contributed by atoms with Crippen LogP contribution in [0.2, 0.25) is 0 Å². The SMILES string of the molecule is CCC(=O)C(CC)OC(=O)Cc1cc2c(cc1C(=O)c1ccccc1)OCO2. The number of hydrogen-bond acceptors (Lipinski definition) is 6. The molecule has 0 spiro atoms. The highest BCUT2D eigenvalue weighted by atomic mass is 16.7. The van der Waals surface area contributed by atoms with E-state index in [1.165, 1.54) is 0 Å². The highest BCUT2D eigenvalue weighted by Crippen LogP contribution is 2.36. The molecule has 1 unspecified atom stereocenters. The molecule has 1 heterocycles. The van der Waals surface area contributed by atoms with Gasteiger partial charge in [0.15, 0.2) is 29.2 Å². The van der Waals surface area contributed by atoms with Crippen molar-refractivity contribution in [3.8, 4) is 11.5 Å². The summed E-state index contributed by atoms with van der Waals surface area (Å²) in [5.41, 5.74) is 1.33. The zero-order valence-corrected chi connectivity index (χ0v) is 15.9. The number of rotatable bonds is 8. The zero-order chi connectivity index (χ0) is 20.1. The fourth-order valence-electron chi connectivity index (χ4n) is 3.05. The van der Waals surface area contributed by atoms with Crippen molar-refractivity contribution in [3.63, 3.8) is 0 Å². The van der Waals surface area contributed by atoms with Crippen molar-refractivity contribution in [2.75, 3.05) is 6.79 Å². The van der Waals surface area contributed by atoms with Crippen LogP contribution in [-0.4, -0.2) is 30.4 Å². The van der Waals surface area contributed by atoms with Gasteiger partial charge in [-0.3, -0.25) is 14.4 Å². The summed E-state index contributed by atoms with van der Waals surface area (Å²) in [4.78, 5) is 37.3. The van der Waals surface area contributed by atoms with Gasteiger partial charge < -0.3 is 14.2 Å². The Morgan fingerprint density at radius 2 is 1.71 bits per heavy atom. The third-order valence-electron chi connectivity index (χ3n) is 4.57. The summed E-state index contributed by atoms with van der Waals surface area (Å²) in [5, 5.41) is 0. The lowest BCUT2D eigenvalue weighted by molar-refractivity contribution is -0.154. The summed E-state index contributed by atoms with van der Waals surface area (Å²) in [5.74, 6) is 0.0307. The summed E-state index contributed by atoms with van der Waals surface area (Å²) >= 11 is 0. The van der Waals surface area contributed by atoms with Gasteiger partial charge in [-0.25, -0.2) is 0 Å². The van der Waals surface area contributed by atoms with E-state index >= 15 is 0 Å².